The number of hydrogen-bond acceptors (Lipinski definition) is 1. The highest BCUT2D eigenvalue weighted by Crippen LogP contribution is 2.37. The van der Waals surface area contributed by atoms with E-state index in [1.54, 1.807) is 0 Å². The lowest BCUT2D eigenvalue weighted by Gasteiger charge is -2.26. The summed E-state index contributed by atoms with van der Waals surface area (Å²) in [5, 5.41) is 0. The monoisotopic (exact) mass is 265 g/mol. The van der Waals surface area contributed by atoms with Crippen molar-refractivity contribution in [3.63, 3.8) is 0 Å². The predicted molar refractivity (Wildman–Crippen MR) is 84.9 cm³/mol. The normalized spacial score (nSPS) is 21.2. The molecule has 2 N–H and O–H groups in total. The number of nitrogens with two attached hydrogens (primary N) is 1. The van der Waals surface area contributed by atoms with Gasteiger partial charge in [-0.1, -0.05) is 62.4 Å². The molecule has 0 amide bonds. The standard InChI is InChI=1S/C19H23N/c1-14(2)16-9-7-15(8-10-16)13-19(20)12-11-17-5-3-4-6-18(17)19/h3-10,14H,11-13,20H2,1-2H3. The predicted octanol–water partition coefficient (Wildman–Crippen LogP) is 4.15. The van der Waals surface area contributed by atoms with Crippen LogP contribution in [0.1, 0.15) is 48.4 Å². The summed E-state index contributed by atoms with van der Waals surface area (Å²) in [4.78, 5) is 0. The largest absolute Gasteiger partial charge is 0.321 e. The molecule has 0 aromatic heterocycles. The molecule has 0 bridgehead atoms. The van der Waals surface area contributed by atoms with Gasteiger partial charge in [0.2, 0.25) is 0 Å². The molecule has 1 unspecified atom stereocenters. The fourth-order valence-electron chi connectivity index (χ4n) is 3.28. The van der Waals surface area contributed by atoms with Crippen LogP contribution in [0.2, 0.25) is 0 Å². The van der Waals surface area contributed by atoms with Crippen LogP contribution in [0.25, 0.3) is 0 Å². The van der Waals surface area contributed by atoms with Gasteiger partial charge in [-0.05, 0) is 47.4 Å². The van der Waals surface area contributed by atoms with Gasteiger partial charge in [-0.3, -0.25) is 0 Å². The Morgan fingerprint density at radius 1 is 1.05 bits per heavy atom. The van der Waals surface area contributed by atoms with Crippen LogP contribution in [0, 0.1) is 0 Å². The summed E-state index contributed by atoms with van der Waals surface area (Å²) in [7, 11) is 0. The second-order valence-electron chi connectivity index (χ2n) is 6.39. The molecule has 0 heterocycles. The molecular formula is C19H23N. The molecule has 3 rings (SSSR count). The fourth-order valence-corrected chi connectivity index (χ4v) is 3.28. The van der Waals surface area contributed by atoms with Crippen LogP contribution in [0.15, 0.2) is 48.5 Å². The van der Waals surface area contributed by atoms with Crippen LogP contribution in [0.5, 0.6) is 0 Å². The van der Waals surface area contributed by atoms with Crippen molar-refractivity contribution in [1.29, 1.82) is 0 Å². The van der Waals surface area contributed by atoms with E-state index in [0.717, 1.165) is 19.3 Å². The summed E-state index contributed by atoms with van der Waals surface area (Å²) in [6.07, 6.45) is 3.09. The third kappa shape index (κ3) is 2.38. The van der Waals surface area contributed by atoms with Crippen LogP contribution in [0.4, 0.5) is 0 Å². The molecule has 1 nitrogen and oxygen atoms in total. The van der Waals surface area contributed by atoms with Gasteiger partial charge in [-0.25, -0.2) is 0 Å². The zero-order valence-corrected chi connectivity index (χ0v) is 12.4. The van der Waals surface area contributed by atoms with Crippen LogP contribution < -0.4 is 5.73 Å². The maximum absolute atomic E-state index is 6.70. The van der Waals surface area contributed by atoms with Gasteiger partial charge in [-0.15, -0.1) is 0 Å². The number of benzene rings is 2. The Morgan fingerprint density at radius 3 is 2.45 bits per heavy atom. The first-order chi connectivity index (χ1) is 9.58. The number of hydrogen-bond donors (Lipinski definition) is 1. The van der Waals surface area contributed by atoms with Crippen molar-refractivity contribution < 1.29 is 0 Å². The molecule has 2 aromatic carbocycles. The minimum absolute atomic E-state index is 0.185. The Hall–Kier alpha value is -1.60. The van der Waals surface area contributed by atoms with E-state index in [1.165, 1.54) is 22.3 Å². The molecule has 1 atom stereocenters. The van der Waals surface area contributed by atoms with Gasteiger partial charge in [0.15, 0.2) is 0 Å². The molecule has 0 radical (unpaired) electrons. The van der Waals surface area contributed by atoms with Crippen LogP contribution >= 0.6 is 0 Å². The summed E-state index contributed by atoms with van der Waals surface area (Å²) < 4.78 is 0. The first-order valence-corrected chi connectivity index (χ1v) is 7.54. The van der Waals surface area contributed by atoms with Gasteiger partial charge in [0.1, 0.15) is 0 Å². The Kier molecular flexibility index (Phi) is 3.39. The van der Waals surface area contributed by atoms with Crippen molar-refractivity contribution in [2.45, 2.75) is 44.6 Å². The third-order valence-electron chi connectivity index (χ3n) is 4.56. The van der Waals surface area contributed by atoms with E-state index in [1.807, 2.05) is 0 Å². The Balaban J connectivity index is 1.84. The summed E-state index contributed by atoms with van der Waals surface area (Å²) in [6.45, 7) is 4.46. The van der Waals surface area contributed by atoms with Crippen LogP contribution in [0.3, 0.4) is 0 Å². The van der Waals surface area contributed by atoms with E-state index in [9.17, 15) is 0 Å². The van der Waals surface area contributed by atoms with Gasteiger partial charge in [0.25, 0.3) is 0 Å². The van der Waals surface area contributed by atoms with E-state index < -0.39 is 0 Å². The van der Waals surface area contributed by atoms with Gasteiger partial charge in [0, 0.05) is 5.54 Å². The van der Waals surface area contributed by atoms with E-state index in [-0.39, 0.29) is 5.54 Å². The zero-order chi connectivity index (χ0) is 14.2. The SMILES string of the molecule is CC(C)c1ccc(CC2(N)CCc3ccccc32)cc1. The van der Waals surface area contributed by atoms with Gasteiger partial charge < -0.3 is 5.73 Å². The van der Waals surface area contributed by atoms with E-state index in [4.69, 9.17) is 5.73 Å². The summed E-state index contributed by atoms with van der Waals surface area (Å²) in [6, 6.07) is 17.6. The maximum atomic E-state index is 6.70. The molecule has 1 heteroatoms. The minimum atomic E-state index is -0.185. The lowest BCUT2D eigenvalue weighted by molar-refractivity contribution is 0.439. The van der Waals surface area contributed by atoms with Crippen molar-refractivity contribution in [3.8, 4) is 0 Å². The molecule has 0 aliphatic heterocycles. The maximum Gasteiger partial charge on any atom is 0.0456 e. The van der Waals surface area contributed by atoms with Gasteiger partial charge in [-0.2, -0.15) is 0 Å². The van der Waals surface area contributed by atoms with Gasteiger partial charge in [0.05, 0.1) is 0 Å². The molecule has 20 heavy (non-hydrogen) atoms. The molecule has 0 saturated heterocycles. The van der Waals surface area contributed by atoms with Crippen LogP contribution in [-0.4, -0.2) is 0 Å². The topological polar surface area (TPSA) is 26.0 Å². The number of aryl methyl sites for hydroxylation is 1. The smallest absolute Gasteiger partial charge is 0.0456 e. The zero-order valence-electron chi connectivity index (χ0n) is 12.4. The quantitative estimate of drug-likeness (QED) is 0.886. The fraction of sp³-hybridized carbons (Fsp3) is 0.368. The lowest BCUT2D eigenvalue weighted by Crippen LogP contribution is -2.36. The molecule has 0 fully saturated rings. The molecule has 1 aliphatic rings. The Bertz CT molecular complexity index is 597. The second-order valence-corrected chi connectivity index (χ2v) is 6.39. The number of fused-ring (bicyclic) bond motifs is 1. The van der Waals surface area contributed by atoms with E-state index >= 15 is 0 Å². The van der Waals surface area contributed by atoms with Crippen molar-refractivity contribution >= 4 is 0 Å². The Labute approximate surface area is 121 Å². The first-order valence-electron chi connectivity index (χ1n) is 7.54. The first kappa shape index (κ1) is 13.4. The van der Waals surface area contributed by atoms with Crippen LogP contribution in [-0.2, 0) is 18.4 Å². The third-order valence-corrected chi connectivity index (χ3v) is 4.56. The summed E-state index contributed by atoms with van der Waals surface area (Å²) in [5.74, 6) is 0.586. The van der Waals surface area contributed by atoms with Crippen molar-refractivity contribution in [1.82, 2.24) is 0 Å². The molecule has 104 valence electrons. The average molecular weight is 265 g/mol. The average Bonchev–Trinajstić information content (AvgIpc) is 2.78. The number of rotatable bonds is 3. The van der Waals surface area contributed by atoms with E-state index in [0.29, 0.717) is 5.92 Å². The Morgan fingerprint density at radius 2 is 1.75 bits per heavy atom. The summed E-state index contributed by atoms with van der Waals surface area (Å²) >= 11 is 0. The van der Waals surface area contributed by atoms with E-state index in [2.05, 4.69) is 62.4 Å². The summed E-state index contributed by atoms with van der Waals surface area (Å²) in [5.41, 5.74) is 12.0. The highest BCUT2D eigenvalue weighted by Gasteiger charge is 2.34. The van der Waals surface area contributed by atoms with Gasteiger partial charge >= 0.3 is 0 Å². The van der Waals surface area contributed by atoms with Crippen molar-refractivity contribution in [2.75, 3.05) is 0 Å². The molecule has 1 aliphatic carbocycles. The second kappa shape index (κ2) is 5.06. The minimum Gasteiger partial charge on any atom is -0.321 e. The van der Waals surface area contributed by atoms with Crippen molar-refractivity contribution in [2.24, 2.45) is 5.73 Å². The molecule has 0 spiro atoms. The molecule has 0 saturated carbocycles. The molecule has 2 aromatic rings. The van der Waals surface area contributed by atoms with Crippen molar-refractivity contribution in [3.05, 3.63) is 70.8 Å². The highest BCUT2D eigenvalue weighted by atomic mass is 14.8. The molecular weight excluding hydrogens is 242 g/mol. The highest BCUT2D eigenvalue weighted by molar-refractivity contribution is 5.40. The lowest BCUT2D eigenvalue weighted by atomic mass is 9.86.